The van der Waals surface area contributed by atoms with Crippen molar-refractivity contribution in [3.8, 4) is 0 Å². The van der Waals surface area contributed by atoms with E-state index >= 15 is 0 Å². The van der Waals surface area contributed by atoms with Crippen molar-refractivity contribution in [3.63, 3.8) is 0 Å². The highest BCUT2D eigenvalue weighted by molar-refractivity contribution is 7.98. The quantitative estimate of drug-likeness (QED) is 0.400. The van der Waals surface area contributed by atoms with Crippen LogP contribution in [0.25, 0.3) is 0 Å². The second kappa shape index (κ2) is 12.9. The van der Waals surface area contributed by atoms with E-state index in [1.165, 1.54) is 39.7 Å². The molecule has 1 fully saturated rings. The van der Waals surface area contributed by atoms with Crippen LogP contribution >= 0.6 is 11.8 Å². The monoisotopic (exact) mass is 555 g/mol. The predicted molar refractivity (Wildman–Crippen MR) is 143 cm³/mol. The Balaban J connectivity index is 1.52. The van der Waals surface area contributed by atoms with Crippen molar-refractivity contribution in [2.24, 2.45) is 0 Å². The first-order chi connectivity index (χ1) is 17.1. The number of morpholine rings is 1. The van der Waals surface area contributed by atoms with Crippen molar-refractivity contribution in [1.82, 2.24) is 9.62 Å². The zero-order chi connectivity index (χ0) is 26.2. The van der Waals surface area contributed by atoms with Gasteiger partial charge in [-0.05, 0) is 54.5 Å². The van der Waals surface area contributed by atoms with Gasteiger partial charge in [-0.25, -0.2) is 16.8 Å². The average molecular weight is 556 g/mol. The van der Waals surface area contributed by atoms with Crippen molar-refractivity contribution in [3.05, 3.63) is 59.7 Å². The molecule has 1 aliphatic heterocycles. The van der Waals surface area contributed by atoms with Crippen LogP contribution in [0.15, 0.2) is 53.4 Å². The molecule has 9 nitrogen and oxygen atoms in total. The molecule has 0 unspecified atom stereocenters. The maximum absolute atomic E-state index is 12.8. The normalized spacial score (nSPS) is 14.9. The van der Waals surface area contributed by atoms with E-state index in [4.69, 9.17) is 4.74 Å². The Morgan fingerprint density at radius 3 is 2.36 bits per heavy atom. The molecular weight excluding hydrogens is 522 g/mol. The number of nitrogens with one attached hydrogen (secondary N) is 1. The first kappa shape index (κ1) is 28.5. The Hall–Kier alpha value is -2.12. The second-order valence-electron chi connectivity index (χ2n) is 8.46. The molecule has 1 heterocycles. The summed E-state index contributed by atoms with van der Waals surface area (Å²) in [6, 6.07) is 13.8. The highest BCUT2D eigenvalue weighted by Gasteiger charge is 2.27. The molecule has 1 saturated heterocycles. The Morgan fingerprint density at radius 1 is 1.06 bits per heavy atom. The van der Waals surface area contributed by atoms with Crippen molar-refractivity contribution < 1.29 is 26.4 Å². The number of sulfonamides is 2. The number of thioether (sulfide) groups is 1. The number of nitrogens with zero attached hydrogens (tertiary/aromatic N) is 2. The molecule has 1 N–H and O–H groups in total. The molecule has 12 heteroatoms. The molecule has 1 aliphatic rings. The number of hydrogen-bond donors (Lipinski definition) is 1. The van der Waals surface area contributed by atoms with Crippen molar-refractivity contribution >= 4 is 43.4 Å². The summed E-state index contributed by atoms with van der Waals surface area (Å²) in [7, 11) is -7.46. The van der Waals surface area contributed by atoms with E-state index in [2.05, 4.69) is 24.4 Å². The lowest BCUT2D eigenvalue weighted by Crippen LogP contribution is -2.41. The molecule has 3 rings (SSSR count). The molecule has 0 aromatic heterocycles. The molecule has 0 saturated carbocycles. The van der Waals surface area contributed by atoms with Gasteiger partial charge in [0.15, 0.2) is 0 Å². The predicted octanol–water partition coefficient (Wildman–Crippen LogP) is 2.22. The topological polar surface area (TPSA) is 113 Å². The zero-order valence-electron chi connectivity index (χ0n) is 20.6. The van der Waals surface area contributed by atoms with Crippen LogP contribution in [0.2, 0.25) is 0 Å². The molecule has 36 heavy (non-hydrogen) atoms. The number of anilines is 1. The second-order valence-corrected chi connectivity index (χ2v) is 13.4. The Kier molecular flexibility index (Phi) is 10.2. The van der Waals surface area contributed by atoms with E-state index in [1.54, 1.807) is 11.8 Å². The zero-order valence-corrected chi connectivity index (χ0v) is 23.0. The van der Waals surface area contributed by atoms with Gasteiger partial charge in [-0.15, -0.1) is 0 Å². The van der Waals surface area contributed by atoms with Crippen LogP contribution < -0.4 is 9.62 Å². The number of hydrogen-bond acceptors (Lipinski definition) is 7. The van der Waals surface area contributed by atoms with Gasteiger partial charge in [0.25, 0.3) is 0 Å². The van der Waals surface area contributed by atoms with E-state index in [9.17, 15) is 21.6 Å². The lowest BCUT2D eigenvalue weighted by Gasteiger charge is -2.26. The number of amides is 1. The Bertz CT molecular complexity index is 1230. The molecule has 198 valence electrons. The van der Waals surface area contributed by atoms with Gasteiger partial charge in [0.2, 0.25) is 26.0 Å². The van der Waals surface area contributed by atoms with Crippen molar-refractivity contribution in [2.45, 2.75) is 24.0 Å². The van der Waals surface area contributed by atoms with E-state index in [-0.39, 0.29) is 30.2 Å². The third-order valence-electron chi connectivity index (χ3n) is 5.73. The first-order valence-electron chi connectivity index (χ1n) is 11.6. The smallest absolute Gasteiger partial charge is 0.243 e. The van der Waals surface area contributed by atoms with E-state index in [0.29, 0.717) is 19.8 Å². The Morgan fingerprint density at radius 2 is 1.72 bits per heavy atom. The fourth-order valence-corrected chi connectivity index (χ4v) is 6.96. The molecule has 0 spiro atoms. The number of benzene rings is 2. The summed E-state index contributed by atoms with van der Waals surface area (Å²) in [5, 5.41) is 2.77. The standard InChI is InChI=1S/C24H33N3O6S3/c1-20-6-3-4-7-21(20)19-34-17-5-12-25-24(28)18-27(35(2,29)30)22-8-10-23(11-9-22)36(31,32)26-13-15-33-16-14-26/h3-4,6-11H,5,12-19H2,1-2H3,(H,25,28). The van der Waals surface area contributed by atoms with Crippen molar-refractivity contribution in [2.75, 3.05) is 55.7 Å². The lowest BCUT2D eigenvalue weighted by molar-refractivity contribution is -0.119. The minimum Gasteiger partial charge on any atom is -0.379 e. The van der Waals surface area contributed by atoms with E-state index in [0.717, 1.165) is 28.5 Å². The SMILES string of the molecule is Cc1ccccc1CSCCCNC(=O)CN(c1ccc(S(=O)(=O)N2CCOCC2)cc1)S(C)(=O)=O. The highest BCUT2D eigenvalue weighted by Crippen LogP contribution is 2.23. The molecule has 0 aliphatic carbocycles. The molecule has 1 amide bonds. The van der Waals surface area contributed by atoms with Gasteiger partial charge in [-0.2, -0.15) is 16.1 Å². The summed E-state index contributed by atoms with van der Waals surface area (Å²) in [4.78, 5) is 12.5. The molecule has 2 aromatic carbocycles. The first-order valence-corrected chi connectivity index (χ1v) is 16.1. The molecule has 0 atom stereocenters. The fraction of sp³-hybridized carbons (Fsp3) is 0.458. The number of aryl methyl sites for hydroxylation is 1. The van der Waals surface area contributed by atoms with E-state index < -0.39 is 26.0 Å². The minimum atomic E-state index is -3.76. The summed E-state index contributed by atoms with van der Waals surface area (Å²) in [6.45, 7) is 3.34. The lowest BCUT2D eigenvalue weighted by atomic mass is 10.1. The van der Waals surface area contributed by atoms with Gasteiger partial charge in [-0.3, -0.25) is 9.10 Å². The minimum absolute atomic E-state index is 0.0641. The fourth-order valence-electron chi connectivity index (χ4n) is 3.66. The summed E-state index contributed by atoms with van der Waals surface area (Å²) < 4.78 is 57.9. The van der Waals surface area contributed by atoms with Gasteiger partial charge in [0.05, 0.1) is 30.1 Å². The number of ether oxygens (including phenoxy) is 1. The van der Waals surface area contributed by atoms with Crippen LogP contribution in [0.4, 0.5) is 5.69 Å². The van der Waals surface area contributed by atoms with Crippen LogP contribution in [0.5, 0.6) is 0 Å². The third-order valence-corrected chi connectivity index (χ3v) is 9.87. The maximum Gasteiger partial charge on any atom is 0.243 e. The summed E-state index contributed by atoms with van der Waals surface area (Å²) >= 11 is 1.78. The van der Waals surface area contributed by atoms with Crippen LogP contribution in [-0.4, -0.2) is 78.4 Å². The Labute approximate surface area is 218 Å². The van der Waals surface area contributed by atoms with Gasteiger partial charge < -0.3 is 10.1 Å². The number of rotatable bonds is 12. The average Bonchev–Trinajstić information content (AvgIpc) is 2.85. The van der Waals surface area contributed by atoms with Crippen LogP contribution in [-0.2, 0) is 35.3 Å². The highest BCUT2D eigenvalue weighted by atomic mass is 32.2. The van der Waals surface area contributed by atoms with Gasteiger partial charge in [0, 0.05) is 25.4 Å². The largest absolute Gasteiger partial charge is 0.379 e. The van der Waals surface area contributed by atoms with Gasteiger partial charge in [0.1, 0.15) is 6.54 Å². The molecule has 2 aromatic rings. The van der Waals surface area contributed by atoms with Crippen LogP contribution in [0.3, 0.4) is 0 Å². The molecular formula is C24H33N3O6S3. The summed E-state index contributed by atoms with van der Waals surface area (Å²) in [5.74, 6) is 1.35. The summed E-state index contributed by atoms with van der Waals surface area (Å²) in [5.41, 5.74) is 2.77. The maximum atomic E-state index is 12.8. The van der Waals surface area contributed by atoms with Crippen LogP contribution in [0, 0.1) is 6.92 Å². The summed E-state index contributed by atoms with van der Waals surface area (Å²) in [6.07, 6.45) is 1.77. The van der Waals surface area contributed by atoms with Crippen LogP contribution in [0.1, 0.15) is 17.5 Å². The van der Waals surface area contributed by atoms with Gasteiger partial charge >= 0.3 is 0 Å². The molecule has 0 bridgehead atoms. The third kappa shape index (κ3) is 7.94. The van der Waals surface area contributed by atoms with Crippen molar-refractivity contribution in [1.29, 1.82) is 0 Å². The molecule has 0 radical (unpaired) electrons. The van der Waals surface area contributed by atoms with E-state index in [1.807, 2.05) is 12.1 Å². The number of carbonyl (C=O) groups excluding carboxylic acids is 1. The van der Waals surface area contributed by atoms with Gasteiger partial charge in [-0.1, -0.05) is 24.3 Å². The number of carbonyl (C=O) groups is 1.